The second-order valence-electron chi connectivity index (χ2n) is 6.39. The molecule has 1 aliphatic rings. The molecule has 25 heavy (non-hydrogen) atoms. The molecule has 1 aliphatic heterocycles. The summed E-state index contributed by atoms with van der Waals surface area (Å²) < 4.78 is 5.91. The molecular formula is C19H20N2O4. The number of pyridine rings is 1. The maximum atomic E-state index is 13.1. The van der Waals surface area contributed by atoms with Gasteiger partial charge < -0.3 is 14.7 Å². The van der Waals surface area contributed by atoms with E-state index in [-0.39, 0.29) is 18.4 Å². The first-order valence-electron chi connectivity index (χ1n) is 8.17. The predicted molar refractivity (Wildman–Crippen MR) is 90.9 cm³/mol. The van der Waals surface area contributed by atoms with Crippen LogP contribution in [0, 0.1) is 5.92 Å². The van der Waals surface area contributed by atoms with Gasteiger partial charge in [-0.15, -0.1) is 0 Å². The molecule has 6 heteroatoms. The first-order valence-corrected chi connectivity index (χ1v) is 8.17. The van der Waals surface area contributed by atoms with E-state index < -0.39 is 18.1 Å². The number of benzene rings is 1. The number of aliphatic carboxylic acids is 1. The smallest absolute Gasteiger partial charge is 0.331 e. The summed E-state index contributed by atoms with van der Waals surface area (Å²) in [5.41, 5.74) is 1.25. The predicted octanol–water partition coefficient (Wildman–Crippen LogP) is 2.65. The lowest BCUT2D eigenvalue weighted by molar-refractivity contribution is -0.154. The summed E-state index contributed by atoms with van der Waals surface area (Å²) in [5.74, 6) is -1.07. The number of hydrogen-bond donors (Lipinski definition) is 1. The van der Waals surface area contributed by atoms with Gasteiger partial charge >= 0.3 is 5.97 Å². The highest BCUT2D eigenvalue weighted by Gasteiger charge is 2.41. The summed E-state index contributed by atoms with van der Waals surface area (Å²) in [4.78, 5) is 30.5. The molecule has 130 valence electrons. The molecule has 2 unspecified atom stereocenters. The number of nitrogens with zero attached hydrogens (tertiary/aromatic N) is 2. The molecule has 1 amide bonds. The van der Waals surface area contributed by atoms with E-state index in [1.807, 2.05) is 19.9 Å². The van der Waals surface area contributed by atoms with E-state index in [1.54, 1.807) is 42.7 Å². The van der Waals surface area contributed by atoms with Crippen molar-refractivity contribution in [1.29, 1.82) is 0 Å². The fourth-order valence-corrected chi connectivity index (χ4v) is 3.00. The Balaban J connectivity index is 2.10. The third-order valence-corrected chi connectivity index (χ3v) is 4.22. The highest BCUT2D eigenvalue weighted by molar-refractivity contribution is 5.89. The SMILES string of the molecule is CC(C)C1Oc2ccccc2C(C(=O)O)N(Cc2cccnc2)C1=O. The Morgan fingerprint density at radius 1 is 1.28 bits per heavy atom. The van der Waals surface area contributed by atoms with Crippen LogP contribution in [0.25, 0.3) is 0 Å². The van der Waals surface area contributed by atoms with Gasteiger partial charge in [-0.3, -0.25) is 9.78 Å². The standard InChI is InChI=1S/C19H20N2O4/c1-12(2)17-18(22)21(11-13-6-5-9-20-10-13)16(19(23)24)14-7-3-4-8-15(14)25-17/h3-10,12,16-17H,11H2,1-2H3,(H,23,24). The Morgan fingerprint density at radius 2 is 2.04 bits per heavy atom. The average Bonchev–Trinajstić information content (AvgIpc) is 2.71. The van der Waals surface area contributed by atoms with Crippen LogP contribution in [0.1, 0.15) is 31.0 Å². The van der Waals surface area contributed by atoms with Crippen molar-refractivity contribution in [3.8, 4) is 5.75 Å². The zero-order valence-electron chi connectivity index (χ0n) is 14.1. The molecule has 0 spiro atoms. The Bertz CT molecular complexity index is 776. The van der Waals surface area contributed by atoms with Crippen molar-refractivity contribution in [3.63, 3.8) is 0 Å². The number of carbonyl (C=O) groups excluding carboxylic acids is 1. The molecule has 1 N–H and O–H groups in total. The number of carbonyl (C=O) groups is 2. The lowest BCUT2D eigenvalue weighted by Gasteiger charge is -2.29. The maximum absolute atomic E-state index is 13.1. The van der Waals surface area contributed by atoms with Crippen LogP contribution in [0.15, 0.2) is 48.8 Å². The fraction of sp³-hybridized carbons (Fsp3) is 0.316. The molecule has 2 atom stereocenters. The molecule has 3 rings (SSSR count). The number of carboxylic acid groups (broad SMARTS) is 1. The number of aromatic nitrogens is 1. The monoisotopic (exact) mass is 340 g/mol. The van der Waals surface area contributed by atoms with Gasteiger partial charge in [-0.25, -0.2) is 4.79 Å². The topological polar surface area (TPSA) is 79.7 Å². The fourth-order valence-electron chi connectivity index (χ4n) is 3.00. The summed E-state index contributed by atoms with van der Waals surface area (Å²) in [7, 11) is 0. The lowest BCUT2D eigenvalue weighted by Crippen LogP contribution is -2.45. The molecule has 6 nitrogen and oxygen atoms in total. The lowest BCUT2D eigenvalue weighted by atomic mass is 10.0. The van der Waals surface area contributed by atoms with Crippen LogP contribution in [0.5, 0.6) is 5.75 Å². The molecular weight excluding hydrogens is 320 g/mol. The second-order valence-corrected chi connectivity index (χ2v) is 6.39. The minimum Gasteiger partial charge on any atom is -0.480 e. The van der Waals surface area contributed by atoms with E-state index in [2.05, 4.69) is 4.98 Å². The number of para-hydroxylation sites is 1. The van der Waals surface area contributed by atoms with Gasteiger partial charge in [0.05, 0.1) is 0 Å². The van der Waals surface area contributed by atoms with Gasteiger partial charge in [0.1, 0.15) is 5.75 Å². The molecule has 2 aromatic rings. The number of ether oxygens (including phenoxy) is 1. The molecule has 0 fully saturated rings. The van der Waals surface area contributed by atoms with E-state index in [9.17, 15) is 14.7 Å². The van der Waals surface area contributed by atoms with Crippen molar-refractivity contribution < 1.29 is 19.4 Å². The van der Waals surface area contributed by atoms with Crippen LogP contribution in [-0.2, 0) is 16.1 Å². The molecule has 0 saturated heterocycles. The first-order chi connectivity index (χ1) is 12.0. The van der Waals surface area contributed by atoms with Crippen molar-refractivity contribution in [2.75, 3.05) is 0 Å². The Labute approximate surface area is 146 Å². The average molecular weight is 340 g/mol. The van der Waals surface area contributed by atoms with Crippen LogP contribution in [0.2, 0.25) is 0 Å². The Morgan fingerprint density at radius 3 is 2.68 bits per heavy atom. The molecule has 0 aliphatic carbocycles. The summed E-state index contributed by atoms with van der Waals surface area (Å²) in [6.07, 6.45) is 2.54. The van der Waals surface area contributed by atoms with Crippen LogP contribution in [0.3, 0.4) is 0 Å². The quantitative estimate of drug-likeness (QED) is 0.925. The van der Waals surface area contributed by atoms with Crippen molar-refractivity contribution in [3.05, 3.63) is 59.9 Å². The number of fused-ring (bicyclic) bond motifs is 1. The third-order valence-electron chi connectivity index (χ3n) is 4.22. The minimum atomic E-state index is -1.10. The van der Waals surface area contributed by atoms with Gasteiger partial charge in [0.2, 0.25) is 0 Å². The molecule has 2 heterocycles. The molecule has 1 aromatic heterocycles. The first kappa shape index (κ1) is 17.0. The number of hydrogen-bond acceptors (Lipinski definition) is 4. The number of rotatable bonds is 4. The summed E-state index contributed by atoms with van der Waals surface area (Å²) in [6.45, 7) is 3.92. The van der Waals surface area contributed by atoms with Crippen molar-refractivity contribution in [1.82, 2.24) is 9.88 Å². The summed E-state index contributed by atoms with van der Waals surface area (Å²) in [6, 6.07) is 9.41. The normalized spacial score (nSPS) is 20.0. The highest BCUT2D eigenvalue weighted by atomic mass is 16.5. The Kier molecular flexibility index (Phi) is 4.70. The van der Waals surface area contributed by atoms with Crippen molar-refractivity contribution in [2.45, 2.75) is 32.5 Å². The van der Waals surface area contributed by atoms with Crippen molar-refractivity contribution in [2.24, 2.45) is 5.92 Å². The van der Waals surface area contributed by atoms with Gasteiger partial charge in [-0.1, -0.05) is 38.1 Å². The molecule has 0 saturated carbocycles. The zero-order valence-corrected chi connectivity index (χ0v) is 14.1. The van der Waals surface area contributed by atoms with Crippen LogP contribution in [0.4, 0.5) is 0 Å². The molecule has 0 bridgehead atoms. The zero-order chi connectivity index (χ0) is 18.0. The van der Waals surface area contributed by atoms with Crippen LogP contribution < -0.4 is 4.74 Å². The Hall–Kier alpha value is -2.89. The third kappa shape index (κ3) is 3.33. The van der Waals surface area contributed by atoms with E-state index in [0.717, 1.165) is 5.56 Å². The molecule has 1 aromatic carbocycles. The van der Waals surface area contributed by atoms with Crippen LogP contribution >= 0.6 is 0 Å². The van der Waals surface area contributed by atoms with Gasteiger partial charge in [-0.2, -0.15) is 0 Å². The van der Waals surface area contributed by atoms with Gasteiger partial charge in [0.15, 0.2) is 12.1 Å². The van der Waals surface area contributed by atoms with E-state index in [1.165, 1.54) is 4.90 Å². The number of carboxylic acids is 1. The molecule has 0 radical (unpaired) electrons. The van der Waals surface area contributed by atoms with Gasteiger partial charge in [0.25, 0.3) is 5.91 Å². The summed E-state index contributed by atoms with van der Waals surface area (Å²) in [5, 5.41) is 9.84. The van der Waals surface area contributed by atoms with Gasteiger partial charge in [-0.05, 0) is 23.6 Å². The van der Waals surface area contributed by atoms with Crippen LogP contribution in [-0.4, -0.2) is 33.0 Å². The van der Waals surface area contributed by atoms with E-state index >= 15 is 0 Å². The largest absolute Gasteiger partial charge is 0.480 e. The van der Waals surface area contributed by atoms with Crippen molar-refractivity contribution >= 4 is 11.9 Å². The van der Waals surface area contributed by atoms with Gasteiger partial charge in [0, 0.05) is 24.5 Å². The highest BCUT2D eigenvalue weighted by Crippen LogP contribution is 2.36. The van der Waals surface area contributed by atoms with E-state index in [0.29, 0.717) is 11.3 Å². The minimum absolute atomic E-state index is 0.0931. The summed E-state index contributed by atoms with van der Waals surface area (Å²) >= 11 is 0. The number of amides is 1. The second kappa shape index (κ2) is 6.93. The van der Waals surface area contributed by atoms with E-state index in [4.69, 9.17) is 4.74 Å². The maximum Gasteiger partial charge on any atom is 0.331 e.